The molecule has 0 aliphatic carbocycles. The number of hydrogen-bond donors (Lipinski definition) is 2. The molecule has 0 spiro atoms. The first kappa shape index (κ1) is 24.3. The van der Waals surface area contributed by atoms with Gasteiger partial charge in [0.05, 0.1) is 45.8 Å². The van der Waals surface area contributed by atoms with Gasteiger partial charge in [-0.3, -0.25) is 9.59 Å². The number of fused-ring (bicyclic) bond motifs is 1. The maximum Gasteiger partial charge on any atom is 0.279 e. The van der Waals surface area contributed by atoms with Crippen molar-refractivity contribution in [1.82, 2.24) is 15.1 Å². The lowest BCUT2D eigenvalue weighted by Gasteiger charge is -2.18. The second kappa shape index (κ2) is 11.5. The van der Waals surface area contributed by atoms with Crippen molar-refractivity contribution in [3.05, 3.63) is 58.5 Å². The summed E-state index contributed by atoms with van der Waals surface area (Å²) in [7, 11) is 3.07. The van der Waals surface area contributed by atoms with E-state index >= 15 is 0 Å². The van der Waals surface area contributed by atoms with Crippen LogP contribution in [0, 0.1) is 0 Å². The molecule has 2 aromatic carbocycles. The van der Waals surface area contributed by atoms with Crippen molar-refractivity contribution in [3.8, 4) is 17.2 Å². The minimum Gasteiger partial charge on any atom is -0.497 e. The van der Waals surface area contributed by atoms with Crippen LogP contribution in [0.1, 0.15) is 37.2 Å². The topological polar surface area (TPSA) is 86.9 Å². The zero-order chi connectivity index (χ0) is 23.8. The summed E-state index contributed by atoms with van der Waals surface area (Å²) in [5, 5.41) is 8.39. The van der Waals surface area contributed by atoms with E-state index in [-0.39, 0.29) is 17.2 Å². The van der Waals surface area contributed by atoms with E-state index in [4.69, 9.17) is 9.47 Å². The molecule has 0 aliphatic heterocycles. The molecule has 0 aliphatic rings. The normalized spacial score (nSPS) is 11.9. The maximum atomic E-state index is 13.2. The summed E-state index contributed by atoms with van der Waals surface area (Å²) >= 11 is 0. The average molecular weight is 454 g/mol. The molecule has 2 N–H and O–H groups in total. The Bertz CT molecular complexity index is 1160. The number of benzene rings is 2. The third-order valence-electron chi connectivity index (χ3n) is 5.78. The highest BCUT2D eigenvalue weighted by Gasteiger charge is 2.19. The Morgan fingerprint density at radius 1 is 1.06 bits per heavy atom. The Balaban J connectivity index is 1.97. The van der Waals surface area contributed by atoms with Gasteiger partial charge in [0.1, 0.15) is 17.2 Å². The molecule has 1 amide bonds. The monoisotopic (exact) mass is 453 g/mol. The van der Waals surface area contributed by atoms with Crippen LogP contribution in [0.15, 0.2) is 47.3 Å². The summed E-state index contributed by atoms with van der Waals surface area (Å²) in [6.45, 7) is 7.81. The Morgan fingerprint density at radius 3 is 2.48 bits per heavy atom. The van der Waals surface area contributed by atoms with Crippen LogP contribution in [0.5, 0.6) is 11.5 Å². The molecule has 1 unspecified atom stereocenters. The number of ether oxygens (including phenoxy) is 2. The van der Waals surface area contributed by atoms with Gasteiger partial charge in [-0.1, -0.05) is 31.5 Å². The van der Waals surface area contributed by atoms with Crippen LogP contribution >= 0.6 is 0 Å². The largest absolute Gasteiger partial charge is 0.497 e. The minimum atomic E-state index is -0.327. The molecule has 1 atom stereocenters. The van der Waals surface area contributed by atoms with Crippen molar-refractivity contribution in [2.24, 2.45) is 0 Å². The van der Waals surface area contributed by atoms with Gasteiger partial charge in [-0.25, -0.2) is 0 Å². The van der Waals surface area contributed by atoms with Gasteiger partial charge in [0.15, 0.2) is 5.69 Å². The number of nitrogens with zero attached hydrogens (tertiary/aromatic N) is 2. The molecule has 1 aromatic heterocycles. The molecule has 0 saturated heterocycles. The van der Waals surface area contributed by atoms with E-state index < -0.39 is 0 Å². The number of nitrogens with one attached hydrogen (secondary N) is 2. The molecule has 0 fully saturated rings. The predicted molar refractivity (Wildman–Crippen MR) is 129 cm³/mol. The molecular weight excluding hydrogens is 420 g/mol. The summed E-state index contributed by atoms with van der Waals surface area (Å²) < 4.78 is 11.9. The van der Waals surface area contributed by atoms with Crippen molar-refractivity contribution in [1.29, 1.82) is 0 Å². The number of amides is 1. The van der Waals surface area contributed by atoms with E-state index in [1.54, 1.807) is 49.6 Å². The van der Waals surface area contributed by atoms with Gasteiger partial charge >= 0.3 is 0 Å². The molecule has 176 valence electrons. The first-order chi connectivity index (χ1) is 16.0. The predicted octanol–water partition coefficient (Wildman–Crippen LogP) is 1.84. The van der Waals surface area contributed by atoms with E-state index in [0.29, 0.717) is 34.5 Å². The van der Waals surface area contributed by atoms with Crippen LogP contribution in [-0.4, -0.2) is 56.1 Å². The Morgan fingerprint density at radius 2 is 1.82 bits per heavy atom. The van der Waals surface area contributed by atoms with E-state index in [2.05, 4.69) is 24.3 Å². The highest BCUT2D eigenvalue weighted by Crippen LogP contribution is 2.27. The summed E-state index contributed by atoms with van der Waals surface area (Å²) in [5.74, 6) is 0.704. The van der Waals surface area contributed by atoms with Crippen LogP contribution in [-0.2, 0) is 0 Å². The van der Waals surface area contributed by atoms with Crippen molar-refractivity contribution >= 4 is 16.7 Å². The van der Waals surface area contributed by atoms with Gasteiger partial charge in [0.25, 0.3) is 11.5 Å². The summed E-state index contributed by atoms with van der Waals surface area (Å²) in [4.78, 5) is 27.8. The lowest BCUT2D eigenvalue weighted by Crippen LogP contribution is -3.12. The standard InChI is InChI=1S/C25H32N4O4/c1-5-7-15-28(6-2)16-14-26-24(30)23-19-10-8-9-11-20(19)25(31)29(27-23)21-13-12-18(32-3)17-22(21)33-4/h8-13,17H,5-7,14-16H2,1-4H3,(H,26,30)/p+1. The molecule has 3 aromatic rings. The van der Waals surface area contributed by atoms with Crippen molar-refractivity contribution in [2.75, 3.05) is 40.4 Å². The van der Waals surface area contributed by atoms with Gasteiger partial charge in [0, 0.05) is 11.5 Å². The highest BCUT2D eigenvalue weighted by atomic mass is 16.5. The molecule has 0 radical (unpaired) electrons. The van der Waals surface area contributed by atoms with Crippen LogP contribution in [0.3, 0.4) is 0 Å². The number of aromatic nitrogens is 2. The zero-order valence-electron chi connectivity index (χ0n) is 19.8. The number of methoxy groups -OCH3 is 2. The van der Waals surface area contributed by atoms with E-state index in [9.17, 15) is 9.59 Å². The van der Waals surface area contributed by atoms with Crippen LogP contribution in [0.25, 0.3) is 16.5 Å². The average Bonchev–Trinajstić information content (AvgIpc) is 2.86. The Labute approximate surface area is 194 Å². The van der Waals surface area contributed by atoms with Gasteiger partial charge in [0.2, 0.25) is 0 Å². The molecule has 0 saturated carbocycles. The highest BCUT2D eigenvalue weighted by molar-refractivity contribution is 6.04. The fraction of sp³-hybridized carbons (Fsp3) is 0.400. The summed E-state index contributed by atoms with van der Waals surface area (Å²) in [6.07, 6.45) is 2.32. The fourth-order valence-corrected chi connectivity index (χ4v) is 3.82. The lowest BCUT2D eigenvalue weighted by molar-refractivity contribution is -0.897. The smallest absolute Gasteiger partial charge is 0.279 e. The Kier molecular flexibility index (Phi) is 8.43. The van der Waals surface area contributed by atoms with Crippen molar-refractivity contribution in [2.45, 2.75) is 26.7 Å². The molecule has 3 rings (SSSR count). The quantitative estimate of drug-likeness (QED) is 0.463. The van der Waals surface area contributed by atoms with E-state index in [0.717, 1.165) is 32.5 Å². The fourth-order valence-electron chi connectivity index (χ4n) is 3.82. The number of carbonyl (C=O) groups is 1. The van der Waals surface area contributed by atoms with Crippen LogP contribution in [0.4, 0.5) is 0 Å². The lowest BCUT2D eigenvalue weighted by atomic mass is 10.1. The molecular formula is C25H33N4O4+. The molecule has 0 bridgehead atoms. The van der Waals surface area contributed by atoms with Crippen LogP contribution in [0.2, 0.25) is 0 Å². The Hall–Kier alpha value is -3.39. The van der Waals surface area contributed by atoms with Gasteiger partial charge in [-0.15, -0.1) is 0 Å². The SMILES string of the molecule is CCCC[NH+](CC)CCNC(=O)c1nn(-c2ccc(OC)cc2OC)c(=O)c2ccccc12. The van der Waals surface area contributed by atoms with E-state index in [1.165, 1.54) is 16.7 Å². The molecule has 8 heteroatoms. The third-order valence-corrected chi connectivity index (χ3v) is 5.78. The van der Waals surface area contributed by atoms with Gasteiger partial charge in [-0.2, -0.15) is 9.78 Å². The number of likely N-dealkylation sites (N-methyl/N-ethyl adjacent to an activating group) is 1. The zero-order valence-corrected chi connectivity index (χ0v) is 19.8. The number of rotatable bonds is 11. The van der Waals surface area contributed by atoms with Crippen molar-refractivity contribution in [3.63, 3.8) is 0 Å². The molecule has 33 heavy (non-hydrogen) atoms. The van der Waals surface area contributed by atoms with Crippen LogP contribution < -0.4 is 25.2 Å². The maximum absolute atomic E-state index is 13.2. The van der Waals surface area contributed by atoms with Gasteiger partial charge < -0.3 is 19.7 Å². The summed E-state index contributed by atoms with van der Waals surface area (Å²) in [6, 6.07) is 12.1. The van der Waals surface area contributed by atoms with Crippen molar-refractivity contribution < 1.29 is 19.2 Å². The molecule has 8 nitrogen and oxygen atoms in total. The number of quaternary nitrogens is 1. The van der Waals surface area contributed by atoms with Gasteiger partial charge in [-0.05, 0) is 31.5 Å². The second-order valence-electron chi connectivity index (χ2n) is 7.86. The minimum absolute atomic E-state index is 0.203. The number of hydrogen-bond acceptors (Lipinski definition) is 5. The second-order valence-corrected chi connectivity index (χ2v) is 7.86. The first-order valence-corrected chi connectivity index (χ1v) is 11.4. The first-order valence-electron chi connectivity index (χ1n) is 11.4. The van der Waals surface area contributed by atoms with E-state index in [1.807, 2.05) is 0 Å². The summed E-state index contributed by atoms with van der Waals surface area (Å²) in [5.41, 5.74) is 0.311. The third kappa shape index (κ3) is 5.51. The number of carbonyl (C=O) groups excluding carboxylic acids is 1. The molecule has 1 heterocycles. The number of unbranched alkanes of at least 4 members (excludes halogenated alkanes) is 1.